The minimum absolute atomic E-state index is 0.101. The van der Waals surface area contributed by atoms with Crippen LogP contribution in [0.25, 0.3) is 11.0 Å². The summed E-state index contributed by atoms with van der Waals surface area (Å²) in [5.41, 5.74) is 9.64. The molecule has 8 heteroatoms. The van der Waals surface area contributed by atoms with E-state index in [4.69, 9.17) is 10.5 Å². The van der Waals surface area contributed by atoms with E-state index in [1.807, 2.05) is 4.68 Å². The summed E-state index contributed by atoms with van der Waals surface area (Å²) in [5.74, 6) is 1.67. The molecule has 0 aliphatic heterocycles. The van der Waals surface area contributed by atoms with Crippen molar-refractivity contribution in [3.05, 3.63) is 35.5 Å². The van der Waals surface area contributed by atoms with E-state index in [1.165, 1.54) is 5.56 Å². The number of aromatic nitrogens is 4. The van der Waals surface area contributed by atoms with Crippen LogP contribution in [0.4, 0.5) is 11.8 Å². The normalized spacial score (nSPS) is 12.3. The highest BCUT2D eigenvalue weighted by Crippen LogP contribution is 2.27. The number of fused-ring (bicyclic) bond motifs is 1. The number of ether oxygens (including phenoxy) is 1. The first-order chi connectivity index (χ1) is 14.1. The lowest BCUT2D eigenvalue weighted by molar-refractivity contribution is 0.276. The highest BCUT2D eigenvalue weighted by Gasteiger charge is 2.17. The number of anilines is 2. The van der Waals surface area contributed by atoms with E-state index in [2.05, 4.69) is 52.4 Å². The van der Waals surface area contributed by atoms with Gasteiger partial charge in [-0.2, -0.15) is 10.1 Å². The van der Waals surface area contributed by atoms with Crippen LogP contribution < -0.4 is 15.8 Å². The van der Waals surface area contributed by atoms with E-state index < -0.39 is 0 Å². The number of hydrogen-bond acceptors (Lipinski definition) is 7. The zero-order valence-corrected chi connectivity index (χ0v) is 17.4. The molecule has 0 unspecified atom stereocenters. The highest BCUT2D eigenvalue weighted by molar-refractivity contribution is 5.86. The van der Waals surface area contributed by atoms with Gasteiger partial charge in [-0.15, -0.1) is 0 Å². The van der Waals surface area contributed by atoms with Crippen molar-refractivity contribution in [1.29, 1.82) is 0 Å². The number of nitrogens with two attached hydrogens (primary N) is 1. The predicted molar refractivity (Wildman–Crippen MR) is 115 cm³/mol. The van der Waals surface area contributed by atoms with Crippen molar-refractivity contribution in [2.75, 3.05) is 24.8 Å². The zero-order valence-electron chi connectivity index (χ0n) is 17.4. The van der Waals surface area contributed by atoms with Crippen LogP contribution in [0.1, 0.15) is 44.2 Å². The molecule has 29 heavy (non-hydrogen) atoms. The molecule has 3 rings (SSSR count). The number of benzene rings is 1. The molecule has 156 valence electrons. The molecule has 0 fully saturated rings. The van der Waals surface area contributed by atoms with Gasteiger partial charge in [-0.05, 0) is 30.9 Å². The maximum atomic E-state index is 9.39. The maximum Gasteiger partial charge on any atom is 0.222 e. The molecule has 2 aromatic heterocycles. The molecule has 0 saturated carbocycles. The van der Waals surface area contributed by atoms with E-state index in [0.717, 1.165) is 36.1 Å². The predicted octanol–water partition coefficient (Wildman–Crippen LogP) is 2.99. The Morgan fingerprint density at radius 1 is 1.24 bits per heavy atom. The molecule has 0 aliphatic carbocycles. The van der Waals surface area contributed by atoms with Gasteiger partial charge in [0.25, 0.3) is 0 Å². The van der Waals surface area contributed by atoms with Gasteiger partial charge in [0.15, 0.2) is 5.82 Å². The van der Waals surface area contributed by atoms with Gasteiger partial charge < -0.3 is 20.9 Å². The number of aliphatic hydroxyl groups excluding tert-OH is 1. The van der Waals surface area contributed by atoms with Crippen molar-refractivity contribution in [1.82, 2.24) is 19.7 Å². The van der Waals surface area contributed by atoms with Crippen LogP contribution in [0.3, 0.4) is 0 Å². The van der Waals surface area contributed by atoms with Crippen molar-refractivity contribution in [3.63, 3.8) is 0 Å². The number of nitrogen functional groups attached to an aromatic ring is 1. The monoisotopic (exact) mass is 398 g/mol. The quantitative estimate of drug-likeness (QED) is 0.481. The SMILES string of the molecule is CCC[C@@H](CCO)Nc1nc(N)nc2cnn(Cc3ccc(CC)cc3OC)c12. The third-order valence-corrected chi connectivity index (χ3v) is 5.04. The van der Waals surface area contributed by atoms with Crippen molar-refractivity contribution >= 4 is 22.8 Å². The second kappa shape index (κ2) is 9.56. The molecule has 0 radical (unpaired) electrons. The van der Waals surface area contributed by atoms with Gasteiger partial charge in [0.1, 0.15) is 16.8 Å². The van der Waals surface area contributed by atoms with E-state index in [-0.39, 0.29) is 18.6 Å². The molecule has 0 saturated heterocycles. The van der Waals surface area contributed by atoms with Crippen LogP contribution in [0.5, 0.6) is 5.75 Å². The number of nitrogens with one attached hydrogen (secondary N) is 1. The van der Waals surface area contributed by atoms with Gasteiger partial charge >= 0.3 is 0 Å². The van der Waals surface area contributed by atoms with Crippen LogP contribution in [-0.4, -0.2) is 44.6 Å². The Bertz CT molecular complexity index is 950. The number of aliphatic hydroxyl groups is 1. The van der Waals surface area contributed by atoms with E-state index in [9.17, 15) is 5.11 Å². The van der Waals surface area contributed by atoms with Crippen LogP contribution in [0.2, 0.25) is 0 Å². The standard InChI is InChI=1S/C21H30N6O2/c1-4-6-16(9-10-28)24-20-19-17(25-21(22)26-20)12-23-27(19)13-15-8-7-14(5-2)11-18(15)29-3/h7-8,11-12,16,28H,4-6,9-10,13H2,1-3H3,(H3,22,24,25,26)/t16-/m0/s1. The summed E-state index contributed by atoms with van der Waals surface area (Å²) < 4.78 is 7.45. The molecule has 2 heterocycles. The van der Waals surface area contributed by atoms with E-state index in [1.54, 1.807) is 13.3 Å². The molecule has 0 aliphatic rings. The first kappa shape index (κ1) is 20.9. The first-order valence-corrected chi connectivity index (χ1v) is 10.1. The van der Waals surface area contributed by atoms with Gasteiger partial charge in [0.2, 0.25) is 5.95 Å². The summed E-state index contributed by atoms with van der Waals surface area (Å²) >= 11 is 0. The average molecular weight is 399 g/mol. The molecule has 0 amide bonds. The molecular formula is C21H30N6O2. The Balaban J connectivity index is 1.99. The van der Waals surface area contributed by atoms with Crippen molar-refractivity contribution < 1.29 is 9.84 Å². The number of methoxy groups -OCH3 is 1. The maximum absolute atomic E-state index is 9.39. The van der Waals surface area contributed by atoms with Crippen molar-refractivity contribution in [2.45, 2.75) is 52.1 Å². The van der Waals surface area contributed by atoms with Gasteiger partial charge in [-0.25, -0.2) is 4.98 Å². The third-order valence-electron chi connectivity index (χ3n) is 5.04. The van der Waals surface area contributed by atoms with Gasteiger partial charge in [0.05, 0.1) is 19.9 Å². The highest BCUT2D eigenvalue weighted by atomic mass is 16.5. The molecule has 0 bridgehead atoms. The number of aryl methyl sites for hydroxylation is 1. The molecule has 8 nitrogen and oxygen atoms in total. The topological polar surface area (TPSA) is 111 Å². The van der Waals surface area contributed by atoms with Crippen LogP contribution in [0, 0.1) is 0 Å². The molecular weight excluding hydrogens is 368 g/mol. The summed E-state index contributed by atoms with van der Waals surface area (Å²) in [7, 11) is 1.68. The van der Waals surface area contributed by atoms with Crippen LogP contribution in [-0.2, 0) is 13.0 Å². The number of nitrogens with zero attached hydrogens (tertiary/aromatic N) is 4. The summed E-state index contributed by atoms with van der Waals surface area (Å²) in [6.45, 7) is 4.87. The largest absolute Gasteiger partial charge is 0.496 e. The number of hydrogen-bond donors (Lipinski definition) is 3. The molecule has 1 atom stereocenters. The first-order valence-electron chi connectivity index (χ1n) is 10.1. The summed E-state index contributed by atoms with van der Waals surface area (Å²) in [6.07, 6.45) is 5.21. The minimum atomic E-state index is 0.101. The van der Waals surface area contributed by atoms with Crippen molar-refractivity contribution in [3.8, 4) is 5.75 Å². The lowest BCUT2D eigenvalue weighted by Gasteiger charge is -2.19. The van der Waals surface area contributed by atoms with Gasteiger partial charge in [-0.1, -0.05) is 32.4 Å². The third kappa shape index (κ3) is 4.76. The van der Waals surface area contributed by atoms with Crippen molar-refractivity contribution in [2.24, 2.45) is 0 Å². The van der Waals surface area contributed by atoms with E-state index in [0.29, 0.717) is 24.3 Å². The van der Waals surface area contributed by atoms with Crippen LogP contribution >= 0.6 is 0 Å². The summed E-state index contributed by atoms with van der Waals surface area (Å²) in [6, 6.07) is 6.34. The molecule has 4 N–H and O–H groups in total. The second-order valence-corrected chi connectivity index (χ2v) is 7.11. The van der Waals surface area contributed by atoms with E-state index >= 15 is 0 Å². The Labute approximate surface area is 171 Å². The summed E-state index contributed by atoms with van der Waals surface area (Å²) in [5, 5.41) is 17.4. The Morgan fingerprint density at radius 3 is 2.76 bits per heavy atom. The lowest BCUT2D eigenvalue weighted by atomic mass is 10.1. The van der Waals surface area contributed by atoms with Gasteiger partial charge in [0, 0.05) is 18.2 Å². The lowest BCUT2D eigenvalue weighted by Crippen LogP contribution is -2.22. The average Bonchev–Trinajstić information content (AvgIpc) is 3.11. The Kier molecular flexibility index (Phi) is 6.87. The minimum Gasteiger partial charge on any atom is -0.496 e. The second-order valence-electron chi connectivity index (χ2n) is 7.11. The van der Waals surface area contributed by atoms with Crippen LogP contribution in [0.15, 0.2) is 24.4 Å². The zero-order chi connectivity index (χ0) is 20.8. The smallest absolute Gasteiger partial charge is 0.222 e. The Morgan fingerprint density at radius 2 is 2.07 bits per heavy atom. The molecule has 1 aromatic carbocycles. The Hall–Kier alpha value is -2.87. The molecule has 3 aromatic rings. The fourth-order valence-corrected chi connectivity index (χ4v) is 3.52. The fraction of sp³-hybridized carbons (Fsp3) is 0.476. The van der Waals surface area contributed by atoms with Gasteiger partial charge in [-0.3, -0.25) is 4.68 Å². The molecule has 0 spiro atoms. The number of rotatable bonds is 10. The summed E-state index contributed by atoms with van der Waals surface area (Å²) in [4.78, 5) is 8.76. The fourth-order valence-electron chi connectivity index (χ4n) is 3.52.